The van der Waals surface area contributed by atoms with Gasteiger partial charge in [0.1, 0.15) is 0 Å². The van der Waals surface area contributed by atoms with Crippen molar-refractivity contribution in [2.24, 2.45) is 0 Å². The van der Waals surface area contributed by atoms with Gasteiger partial charge in [-0.15, -0.1) is 0 Å². The molecule has 8 rings (SSSR count). The first-order valence-corrected chi connectivity index (χ1v) is 16.9. The number of aromatic nitrogens is 2. The summed E-state index contributed by atoms with van der Waals surface area (Å²) >= 11 is -0.379. The van der Waals surface area contributed by atoms with Crippen LogP contribution in [0.15, 0.2) is 133 Å². The topological polar surface area (TPSA) is 13.1 Å². The molecular weight excluding hydrogens is 545 g/mol. The van der Waals surface area contributed by atoms with E-state index in [1.807, 2.05) is 0 Å². The molecule has 3 nitrogen and oxygen atoms in total. The second-order valence-corrected chi connectivity index (χ2v) is 12.5. The predicted octanol–water partition coefficient (Wildman–Crippen LogP) is 9.81. The molecule has 1 aliphatic carbocycles. The van der Waals surface area contributed by atoms with Crippen LogP contribution in [0.3, 0.4) is 0 Å². The van der Waals surface area contributed by atoms with E-state index in [4.69, 9.17) is 10.5 Å². The van der Waals surface area contributed by atoms with Crippen LogP contribution in [0.4, 0.5) is 5.69 Å². The van der Waals surface area contributed by atoms with Crippen LogP contribution < -0.4 is 3.88 Å². The van der Waals surface area contributed by atoms with Crippen molar-refractivity contribution in [3.05, 3.63) is 144 Å². The van der Waals surface area contributed by atoms with Gasteiger partial charge in [0.2, 0.25) is 0 Å². The standard InChI is InChI=1S/C37H28N3.Al.S/c1-25-22-27(24-33-31-17-9-11-19-35(31)40(37(25)33)29-14-6-3-7-15-29)38-26-20-21-36-32(23-26)30-16-8-10-18-34(30)39(36)28-12-4-2-5-13-28;;/h2-21,23-25H,22H2,1H3;;/q-1;+1;. The Balaban J connectivity index is 1.30. The third kappa shape index (κ3) is 3.93. The van der Waals surface area contributed by atoms with Gasteiger partial charge < -0.3 is 0 Å². The molecule has 200 valence electrons. The number of benzene rings is 5. The van der Waals surface area contributed by atoms with Crippen LogP contribution in [0.5, 0.6) is 0 Å². The molecule has 0 saturated carbocycles. The van der Waals surface area contributed by atoms with E-state index >= 15 is 0 Å². The molecule has 2 aromatic heterocycles. The summed E-state index contributed by atoms with van der Waals surface area (Å²) in [7, 11) is 5.91. The minimum absolute atomic E-state index is 0.347. The van der Waals surface area contributed by atoms with Crippen molar-refractivity contribution in [2.45, 2.75) is 19.3 Å². The number of anilines is 1. The van der Waals surface area contributed by atoms with Crippen LogP contribution in [0, 0.1) is 0 Å². The number of para-hydroxylation sites is 4. The quantitative estimate of drug-likeness (QED) is 0.190. The zero-order valence-electron chi connectivity index (χ0n) is 23.3. The fraction of sp³-hybridized carbons (Fsp3) is 0.0811. The van der Waals surface area contributed by atoms with Crippen LogP contribution in [0.25, 0.3) is 50.2 Å². The second-order valence-electron chi connectivity index (χ2n) is 11.1. The average molecular weight is 574 g/mol. The van der Waals surface area contributed by atoms with E-state index in [9.17, 15) is 0 Å². The maximum absolute atomic E-state index is 5.91. The van der Waals surface area contributed by atoms with Crippen LogP contribution in [-0.4, -0.2) is 22.9 Å². The summed E-state index contributed by atoms with van der Waals surface area (Å²) in [4.78, 5) is 0. The molecule has 0 saturated heterocycles. The average Bonchev–Trinajstić information content (AvgIpc) is 3.56. The summed E-state index contributed by atoms with van der Waals surface area (Å²) in [6, 6.07) is 45.8. The van der Waals surface area contributed by atoms with Gasteiger partial charge in [0.15, 0.2) is 0 Å². The van der Waals surface area contributed by atoms with Crippen LogP contribution >= 0.6 is 10.5 Å². The first-order valence-electron chi connectivity index (χ1n) is 14.5. The Hall–Kier alpha value is -4.27. The summed E-state index contributed by atoms with van der Waals surface area (Å²) in [6.07, 6.45) is 3.36. The van der Waals surface area contributed by atoms with Crippen molar-refractivity contribution in [3.63, 3.8) is 0 Å². The summed E-state index contributed by atoms with van der Waals surface area (Å²) in [5.74, 6) is 0.347. The SMILES string of the molecule is CC1CC([N]([Al]=[S])c2ccc3c(c2)c2ccccc2n3-c2ccccc2)=Cc2c1n(-c1ccccc1)c1ccccc21. The fourth-order valence-corrected chi connectivity index (χ4v) is 8.21. The normalized spacial score (nSPS) is 14.6. The molecule has 5 heteroatoms. The molecule has 0 amide bonds. The summed E-state index contributed by atoms with van der Waals surface area (Å²) in [5, 5.41) is 3.81. The zero-order chi connectivity index (χ0) is 28.2. The van der Waals surface area contributed by atoms with Crippen molar-refractivity contribution < 1.29 is 0 Å². The third-order valence-corrected chi connectivity index (χ3v) is 10.1. The molecule has 5 aromatic carbocycles. The van der Waals surface area contributed by atoms with E-state index < -0.39 is 0 Å². The number of rotatable bonds is 5. The van der Waals surface area contributed by atoms with Crippen molar-refractivity contribution in [1.82, 2.24) is 9.13 Å². The van der Waals surface area contributed by atoms with E-state index in [1.165, 1.54) is 66.7 Å². The molecule has 7 aromatic rings. The molecule has 1 aliphatic rings. The van der Waals surface area contributed by atoms with Crippen molar-refractivity contribution in [3.8, 4) is 11.4 Å². The Morgan fingerprint density at radius 3 is 1.90 bits per heavy atom. The number of hydrogen-bond acceptors (Lipinski definition) is 1. The van der Waals surface area contributed by atoms with E-state index in [0.29, 0.717) is 5.92 Å². The monoisotopic (exact) mass is 573 g/mol. The van der Waals surface area contributed by atoms with Gasteiger partial charge in [0.05, 0.1) is 0 Å². The van der Waals surface area contributed by atoms with Gasteiger partial charge in [0.25, 0.3) is 0 Å². The van der Waals surface area contributed by atoms with E-state index in [2.05, 4.69) is 153 Å². The van der Waals surface area contributed by atoms with Gasteiger partial charge in [-0.3, -0.25) is 0 Å². The van der Waals surface area contributed by atoms with Crippen molar-refractivity contribution >= 4 is 68.8 Å². The number of hydrogen-bond donors (Lipinski definition) is 0. The first kappa shape index (κ1) is 25.4. The molecule has 0 fully saturated rings. The Labute approximate surface area is 255 Å². The molecule has 0 spiro atoms. The molecular formula is C37H28AlN3S. The minimum atomic E-state index is -0.379. The Bertz CT molecular complexity index is 2160. The molecule has 0 radical (unpaired) electrons. The number of nitrogens with zero attached hydrogens (tertiary/aromatic N) is 3. The third-order valence-electron chi connectivity index (χ3n) is 8.62. The van der Waals surface area contributed by atoms with Gasteiger partial charge >= 0.3 is 257 Å². The van der Waals surface area contributed by atoms with Gasteiger partial charge in [0, 0.05) is 0 Å². The molecule has 0 aliphatic heterocycles. The van der Waals surface area contributed by atoms with E-state index in [-0.39, 0.29) is 13.8 Å². The molecule has 0 bridgehead atoms. The Morgan fingerprint density at radius 1 is 0.643 bits per heavy atom. The first-order chi connectivity index (χ1) is 20.7. The molecule has 42 heavy (non-hydrogen) atoms. The summed E-state index contributed by atoms with van der Waals surface area (Å²) < 4.78 is 7.24. The molecule has 2 heterocycles. The Morgan fingerprint density at radius 2 is 1.21 bits per heavy atom. The molecule has 0 N–H and O–H groups in total. The maximum atomic E-state index is 5.91. The number of fused-ring (bicyclic) bond motifs is 6. The molecule has 1 atom stereocenters. The fourth-order valence-electron chi connectivity index (χ4n) is 6.84. The van der Waals surface area contributed by atoms with E-state index in [0.717, 1.165) is 6.42 Å². The van der Waals surface area contributed by atoms with Crippen LogP contribution in [0.2, 0.25) is 0 Å². The second kappa shape index (κ2) is 10.2. The van der Waals surface area contributed by atoms with Crippen molar-refractivity contribution in [1.29, 1.82) is 0 Å². The summed E-state index contributed by atoms with van der Waals surface area (Å²) in [5.41, 5.74) is 11.3. The summed E-state index contributed by atoms with van der Waals surface area (Å²) in [6.45, 7) is 2.36. The zero-order valence-corrected chi connectivity index (χ0v) is 25.3. The predicted molar refractivity (Wildman–Crippen MR) is 181 cm³/mol. The van der Waals surface area contributed by atoms with E-state index in [1.54, 1.807) is 0 Å². The van der Waals surface area contributed by atoms with Gasteiger partial charge in [-0.2, -0.15) is 0 Å². The van der Waals surface area contributed by atoms with Gasteiger partial charge in [-0.25, -0.2) is 0 Å². The van der Waals surface area contributed by atoms with Crippen molar-refractivity contribution in [2.75, 3.05) is 3.88 Å². The number of allylic oxidation sites excluding steroid dienone is 1. The molecule has 1 unspecified atom stereocenters. The van der Waals surface area contributed by atoms with Crippen LogP contribution in [-0.2, 0) is 0 Å². The van der Waals surface area contributed by atoms with Crippen LogP contribution in [0.1, 0.15) is 30.5 Å². The Kier molecular flexibility index (Phi) is 6.19. The van der Waals surface area contributed by atoms with Gasteiger partial charge in [-0.1, -0.05) is 0 Å². The van der Waals surface area contributed by atoms with Gasteiger partial charge in [-0.05, 0) is 0 Å².